The minimum absolute atomic E-state index is 0.283. The highest BCUT2D eigenvalue weighted by molar-refractivity contribution is 6.78. The first-order valence-corrected chi connectivity index (χ1v) is 43.5. The molecular weight excluding hydrogens is 1150 g/mol. The van der Waals surface area contributed by atoms with Gasteiger partial charge < -0.3 is 0 Å². The predicted octanol–water partition coefficient (Wildman–Crippen LogP) is 29.9. The Bertz CT molecular complexity index is 2430. The third-order valence-electron chi connectivity index (χ3n) is 19.1. The van der Waals surface area contributed by atoms with Gasteiger partial charge in [-0.05, 0) is 161 Å². The quantitative estimate of drug-likeness (QED) is 0.157. The molecule has 4 saturated carbocycles. The van der Waals surface area contributed by atoms with Gasteiger partial charge in [-0.1, -0.05) is 369 Å². The van der Waals surface area contributed by atoms with E-state index in [0.717, 1.165) is 30.6 Å². The Morgan fingerprint density at radius 1 is 0.407 bits per heavy atom. The molecule has 0 radical (unpaired) electrons. The highest BCUT2D eigenvalue weighted by atomic mass is 28.3. The minimum atomic E-state index is -4.01. The Kier molecular flexibility index (Phi) is 46.4. The zero-order valence-electron chi connectivity index (χ0n) is 64.8. The van der Waals surface area contributed by atoms with E-state index < -0.39 is 27.7 Å². The SMILES string of the molecule is CC1CCC(C)(C(F)(F)F)CC1.CC1CCC(C)(C)CC1.CC1CCCC1.CC1CCCCC1.CC[Si](C)(CC)CC.C[Si](C)(C)C.Cc1ccc(C)cc1.Cc1ccccc1.Cc1ccccc1C.Cc1ccccc1C(C)(C)C.Cc1ccccc1C(C)C. The number of aryl methyl sites for hydroxylation is 7. The molecule has 0 nitrogen and oxygen atoms in total. The molecule has 0 unspecified atom stereocenters. The van der Waals surface area contributed by atoms with Crippen LogP contribution in [0.5, 0.6) is 0 Å². The largest absolute Gasteiger partial charge is 0.394 e. The third kappa shape index (κ3) is 47.0. The lowest BCUT2D eigenvalue weighted by molar-refractivity contribution is -0.229. The lowest BCUT2D eigenvalue weighted by atomic mass is 9.72. The Morgan fingerprint density at radius 2 is 0.703 bits per heavy atom. The lowest BCUT2D eigenvalue weighted by Gasteiger charge is -2.37. The summed E-state index contributed by atoms with van der Waals surface area (Å²) in [5.41, 5.74) is 11.9. The molecule has 9 rings (SSSR count). The van der Waals surface area contributed by atoms with Gasteiger partial charge in [0.25, 0.3) is 0 Å². The summed E-state index contributed by atoms with van der Waals surface area (Å²) in [6, 6.07) is 48.6. The van der Waals surface area contributed by atoms with Gasteiger partial charge in [0.05, 0.1) is 5.41 Å². The molecule has 0 heterocycles. The van der Waals surface area contributed by atoms with Crippen molar-refractivity contribution >= 4 is 16.1 Å². The maximum absolute atomic E-state index is 12.5. The number of hydrogen-bond acceptors (Lipinski definition) is 0. The maximum Gasteiger partial charge on any atom is 0.394 e. The van der Waals surface area contributed by atoms with E-state index >= 15 is 0 Å². The molecule has 0 N–H and O–H groups in total. The number of benzene rings is 5. The van der Waals surface area contributed by atoms with Crippen LogP contribution in [-0.2, 0) is 5.41 Å². The van der Waals surface area contributed by atoms with Gasteiger partial charge in [0, 0.05) is 16.1 Å². The van der Waals surface area contributed by atoms with Gasteiger partial charge in [0.15, 0.2) is 0 Å². The van der Waals surface area contributed by atoms with Gasteiger partial charge in [-0.3, -0.25) is 0 Å². The molecule has 5 aromatic rings. The van der Waals surface area contributed by atoms with Gasteiger partial charge in [-0.15, -0.1) is 0 Å². The highest BCUT2D eigenvalue weighted by Crippen LogP contribution is 2.49. The molecule has 520 valence electrons. The molecule has 0 bridgehead atoms. The van der Waals surface area contributed by atoms with Crippen molar-refractivity contribution in [2.45, 2.75) is 330 Å². The summed E-state index contributed by atoms with van der Waals surface area (Å²) < 4.78 is 37.4. The van der Waals surface area contributed by atoms with Crippen LogP contribution >= 0.6 is 0 Å². The van der Waals surface area contributed by atoms with E-state index in [0.29, 0.717) is 30.1 Å². The first-order valence-electron chi connectivity index (χ1n) is 36.4. The fourth-order valence-electron chi connectivity index (χ4n) is 10.9. The Hall–Kier alpha value is -3.68. The van der Waals surface area contributed by atoms with Crippen LogP contribution < -0.4 is 0 Å². The van der Waals surface area contributed by atoms with Crippen LogP contribution in [0.1, 0.15) is 269 Å². The molecule has 0 aromatic heterocycles. The second-order valence-electron chi connectivity index (χ2n) is 32.6. The van der Waals surface area contributed by atoms with E-state index in [4.69, 9.17) is 0 Å². The fraction of sp³-hybridized carbons (Fsp3) is 0.651. The van der Waals surface area contributed by atoms with Gasteiger partial charge in [-0.2, -0.15) is 13.2 Å². The minimum Gasteiger partial charge on any atom is -0.171 e. The summed E-state index contributed by atoms with van der Waals surface area (Å²) in [5.74, 6) is 4.21. The van der Waals surface area contributed by atoms with Crippen molar-refractivity contribution in [2.24, 2.45) is 34.5 Å². The zero-order chi connectivity index (χ0) is 70.1. The van der Waals surface area contributed by atoms with Gasteiger partial charge >= 0.3 is 6.18 Å². The number of halogens is 3. The van der Waals surface area contributed by atoms with Crippen LogP contribution in [0.3, 0.4) is 0 Å². The molecule has 4 aliphatic rings. The fourth-order valence-corrected chi connectivity index (χ4v) is 12.4. The molecule has 4 aliphatic carbocycles. The second-order valence-corrected chi connectivity index (χ2v) is 44.3. The summed E-state index contributed by atoms with van der Waals surface area (Å²) in [6.45, 7) is 60.0. The predicted molar refractivity (Wildman–Crippen MR) is 414 cm³/mol. The molecule has 5 aromatic carbocycles. The monoisotopic (exact) mass is 1290 g/mol. The first-order chi connectivity index (χ1) is 42.1. The van der Waals surface area contributed by atoms with E-state index in [2.05, 4.69) is 280 Å². The smallest absolute Gasteiger partial charge is 0.171 e. The first kappa shape index (κ1) is 89.4. The molecule has 0 saturated heterocycles. The lowest BCUT2D eigenvalue weighted by Crippen LogP contribution is -2.38. The average molecular weight is 1290 g/mol. The van der Waals surface area contributed by atoms with E-state index in [1.807, 2.05) is 25.1 Å². The van der Waals surface area contributed by atoms with Crippen LogP contribution in [0.15, 0.2) is 127 Å². The second kappa shape index (κ2) is 47.3. The van der Waals surface area contributed by atoms with Gasteiger partial charge in [-0.25, -0.2) is 0 Å². The van der Waals surface area contributed by atoms with Gasteiger partial charge in [0.2, 0.25) is 0 Å². The Balaban J connectivity index is 0. The topological polar surface area (TPSA) is 0 Å². The third-order valence-corrected chi connectivity index (χ3v) is 24.3. The molecular formula is C86H147F3Si2. The van der Waals surface area contributed by atoms with Crippen molar-refractivity contribution in [3.8, 4) is 0 Å². The number of alkyl halides is 3. The standard InChI is InChI=1S/C11H16.C10H14.C9H15F3.C9H18.2C8H10.C7H18Si.C7H14.C7H8.C6H12.C4H12Si/c1-9-7-5-6-8-10(9)11(2,3)4;1-8(2)10-7-5-4-6-9(10)3;1-7-3-5-8(2,6-4-7)9(10,11)12;1-8-4-6-9(2,3)7-5-8;1-7-3-5-8(2)6-4-7;1-7-5-3-4-6-8(7)2;1-5-8(4,6-2)7-3;2*1-7-5-3-2-4-6-7;1-6-4-2-3-5-6;1-5(2,3)4/h5-8H,1-4H3;4-8H,1-3H3;7H,3-6H2,1-2H3;8H,4-7H2,1-3H3;2*3-6H,1-2H3;5-7H2,1-4H3;7H,2-6H2,1H3;2-6H,1H3;6H,2-5H2,1H3;1-4H3. The van der Waals surface area contributed by atoms with E-state index in [1.54, 1.807) is 0 Å². The zero-order valence-corrected chi connectivity index (χ0v) is 66.8. The van der Waals surface area contributed by atoms with Crippen molar-refractivity contribution in [1.29, 1.82) is 0 Å². The highest BCUT2D eigenvalue weighted by Gasteiger charge is 2.51. The Morgan fingerprint density at radius 3 is 0.923 bits per heavy atom. The van der Waals surface area contributed by atoms with Crippen molar-refractivity contribution in [2.75, 3.05) is 0 Å². The van der Waals surface area contributed by atoms with Crippen LogP contribution in [0.2, 0.25) is 50.9 Å². The number of hydrogen-bond donors (Lipinski definition) is 0. The van der Waals surface area contributed by atoms with Crippen molar-refractivity contribution < 1.29 is 13.2 Å². The molecule has 0 atom stereocenters. The summed E-state index contributed by atoms with van der Waals surface area (Å²) in [6.07, 6.45) is 17.2. The maximum atomic E-state index is 12.5. The van der Waals surface area contributed by atoms with Crippen LogP contribution in [-0.4, -0.2) is 22.3 Å². The molecule has 91 heavy (non-hydrogen) atoms. The average Bonchev–Trinajstić information content (AvgIpc) is 1.11. The van der Waals surface area contributed by atoms with Crippen LogP contribution in [0, 0.1) is 83.0 Å². The summed E-state index contributed by atoms with van der Waals surface area (Å²) in [7, 11) is -1.28. The van der Waals surface area contributed by atoms with E-state index in [-0.39, 0.29) is 5.41 Å². The molecule has 5 heteroatoms. The molecule has 0 aliphatic heterocycles. The Labute approximate surface area is 567 Å². The van der Waals surface area contributed by atoms with Gasteiger partial charge in [0.1, 0.15) is 0 Å². The summed E-state index contributed by atoms with van der Waals surface area (Å²) in [4.78, 5) is 0. The van der Waals surface area contributed by atoms with Crippen molar-refractivity contribution in [3.05, 3.63) is 177 Å². The summed E-state index contributed by atoms with van der Waals surface area (Å²) in [5, 5.41) is 0. The molecule has 4 fully saturated rings. The van der Waals surface area contributed by atoms with E-state index in [1.165, 1.54) is 159 Å². The van der Waals surface area contributed by atoms with Crippen LogP contribution in [0.4, 0.5) is 13.2 Å². The van der Waals surface area contributed by atoms with Crippen LogP contribution in [0.25, 0.3) is 0 Å². The normalized spacial score (nSPS) is 18.0. The summed E-state index contributed by atoms with van der Waals surface area (Å²) >= 11 is 0. The molecule has 0 spiro atoms. The van der Waals surface area contributed by atoms with Crippen molar-refractivity contribution in [1.82, 2.24) is 0 Å². The molecule has 0 amide bonds. The number of rotatable bonds is 4. The van der Waals surface area contributed by atoms with E-state index in [9.17, 15) is 13.2 Å². The van der Waals surface area contributed by atoms with Crippen molar-refractivity contribution in [3.63, 3.8) is 0 Å².